The lowest BCUT2D eigenvalue weighted by molar-refractivity contribution is -0.143. The third-order valence-electron chi connectivity index (χ3n) is 4.62. The third-order valence-corrected chi connectivity index (χ3v) is 4.62. The second kappa shape index (κ2) is 8.77. The highest BCUT2D eigenvalue weighted by molar-refractivity contribution is 5.81. The molecule has 2 N–H and O–H groups in total. The van der Waals surface area contributed by atoms with Gasteiger partial charge in [0.05, 0.1) is 0 Å². The van der Waals surface area contributed by atoms with Crippen LogP contribution in [0.3, 0.4) is 0 Å². The Morgan fingerprint density at radius 2 is 1.88 bits per heavy atom. The number of rotatable bonds is 7. The second-order valence-corrected chi connectivity index (χ2v) is 6.83. The van der Waals surface area contributed by atoms with Crippen molar-refractivity contribution in [3.8, 4) is 0 Å². The second-order valence-electron chi connectivity index (χ2n) is 6.83. The summed E-state index contributed by atoms with van der Waals surface area (Å²) in [5.41, 5.74) is -0.617. The Morgan fingerprint density at radius 3 is 2.46 bits per heavy atom. The quantitative estimate of drug-likeness (QED) is 0.695. The molecule has 1 fully saturated rings. The highest BCUT2D eigenvalue weighted by Gasteiger charge is 2.38. The smallest absolute Gasteiger partial charge is 0.323 e. The Labute approximate surface area is 152 Å². The van der Waals surface area contributed by atoms with Gasteiger partial charge >= 0.3 is 5.97 Å². The summed E-state index contributed by atoms with van der Waals surface area (Å²) in [5, 5.41) is 15.8. The zero-order valence-electron chi connectivity index (χ0n) is 15.3. The third kappa shape index (κ3) is 5.27. The fourth-order valence-electron chi connectivity index (χ4n) is 3.32. The molecule has 0 saturated heterocycles. The number of nitrogens with one attached hydrogen (secondary N) is 1. The zero-order chi connectivity index (χ0) is 19.2. The molecule has 26 heavy (non-hydrogen) atoms. The number of amides is 2. The van der Waals surface area contributed by atoms with Crippen LogP contribution < -0.4 is 5.32 Å². The molecule has 2 rings (SSSR count). The molecule has 1 aliphatic carbocycles. The summed E-state index contributed by atoms with van der Waals surface area (Å²) in [6.45, 7) is 1.13. The minimum atomic E-state index is -1.06. The molecular weight excluding hydrogens is 340 g/mol. The Bertz CT molecular complexity index is 649. The molecule has 0 aromatic carbocycles. The Morgan fingerprint density at radius 1 is 1.23 bits per heavy atom. The highest BCUT2D eigenvalue weighted by Crippen LogP contribution is 2.34. The topological polar surface area (TPSA) is 126 Å². The Kier molecular flexibility index (Phi) is 6.70. The number of aryl methyl sites for hydroxylation is 1. The van der Waals surface area contributed by atoms with Crippen LogP contribution in [-0.4, -0.2) is 51.5 Å². The van der Waals surface area contributed by atoms with Gasteiger partial charge in [-0.1, -0.05) is 30.8 Å². The van der Waals surface area contributed by atoms with Crippen molar-refractivity contribution in [2.75, 3.05) is 13.6 Å². The molecule has 1 aliphatic rings. The van der Waals surface area contributed by atoms with Gasteiger partial charge in [-0.15, -0.1) is 0 Å². The zero-order valence-corrected chi connectivity index (χ0v) is 15.3. The number of hydrogen-bond donors (Lipinski definition) is 2. The molecule has 1 saturated carbocycles. The summed E-state index contributed by atoms with van der Waals surface area (Å²) in [6.07, 6.45) is 5.99. The van der Waals surface area contributed by atoms with E-state index in [0.717, 1.165) is 43.4 Å². The fourth-order valence-corrected chi connectivity index (χ4v) is 3.32. The number of nitrogens with zero attached hydrogens (tertiary/aromatic N) is 3. The summed E-state index contributed by atoms with van der Waals surface area (Å²) in [7, 11) is 1.44. The fraction of sp³-hybridized carbons (Fsp3) is 0.706. The molecule has 2 amide bonds. The van der Waals surface area contributed by atoms with Crippen molar-refractivity contribution in [1.29, 1.82) is 0 Å². The SMILES string of the molecule is CC(=O)NC1(c2noc(CCC(=O)N(C)CC(=O)O)n2)CCCCCC1. The van der Waals surface area contributed by atoms with Gasteiger partial charge in [-0.05, 0) is 12.8 Å². The number of hydrogen-bond acceptors (Lipinski definition) is 6. The molecule has 0 bridgehead atoms. The van der Waals surface area contributed by atoms with Gasteiger partial charge in [0.2, 0.25) is 17.7 Å². The van der Waals surface area contributed by atoms with Crippen LogP contribution >= 0.6 is 0 Å². The molecule has 144 valence electrons. The summed E-state index contributed by atoms with van der Waals surface area (Å²) in [5.74, 6) is -0.740. The van der Waals surface area contributed by atoms with Crippen molar-refractivity contribution in [3.05, 3.63) is 11.7 Å². The number of aliphatic carboxylic acids is 1. The van der Waals surface area contributed by atoms with E-state index in [1.165, 1.54) is 14.0 Å². The number of carbonyl (C=O) groups is 3. The lowest BCUT2D eigenvalue weighted by Crippen LogP contribution is -2.45. The summed E-state index contributed by atoms with van der Waals surface area (Å²) >= 11 is 0. The summed E-state index contributed by atoms with van der Waals surface area (Å²) < 4.78 is 5.28. The van der Waals surface area contributed by atoms with Crippen molar-refractivity contribution >= 4 is 17.8 Å². The largest absolute Gasteiger partial charge is 0.480 e. The van der Waals surface area contributed by atoms with Crippen LogP contribution in [0.1, 0.15) is 63.6 Å². The molecule has 0 aliphatic heterocycles. The number of carboxylic acid groups (broad SMARTS) is 1. The molecule has 0 unspecified atom stereocenters. The molecule has 0 atom stereocenters. The molecular formula is C17H26N4O5. The van der Waals surface area contributed by atoms with Crippen molar-refractivity contribution in [3.63, 3.8) is 0 Å². The Hall–Kier alpha value is -2.45. The normalized spacial score (nSPS) is 16.5. The summed E-state index contributed by atoms with van der Waals surface area (Å²) in [4.78, 5) is 39.8. The molecule has 9 nitrogen and oxygen atoms in total. The van der Waals surface area contributed by atoms with E-state index in [1.807, 2.05) is 0 Å². The summed E-state index contributed by atoms with van der Waals surface area (Å²) in [6, 6.07) is 0. The van der Waals surface area contributed by atoms with E-state index in [0.29, 0.717) is 11.7 Å². The average molecular weight is 366 g/mol. The van der Waals surface area contributed by atoms with Crippen molar-refractivity contribution in [2.24, 2.45) is 0 Å². The van der Waals surface area contributed by atoms with Gasteiger partial charge in [-0.2, -0.15) is 4.98 Å². The predicted octanol–water partition coefficient (Wildman–Crippen LogP) is 1.23. The molecule has 0 spiro atoms. The van der Waals surface area contributed by atoms with Crippen LogP contribution in [0.4, 0.5) is 0 Å². The van der Waals surface area contributed by atoms with Crippen LogP contribution in [0, 0.1) is 0 Å². The van der Waals surface area contributed by atoms with Gasteiger partial charge in [0.25, 0.3) is 0 Å². The maximum atomic E-state index is 11.9. The van der Waals surface area contributed by atoms with Crippen molar-refractivity contribution in [2.45, 2.75) is 63.8 Å². The van der Waals surface area contributed by atoms with E-state index in [1.54, 1.807) is 0 Å². The first-order valence-electron chi connectivity index (χ1n) is 8.90. The van der Waals surface area contributed by atoms with Crippen molar-refractivity contribution in [1.82, 2.24) is 20.4 Å². The minimum Gasteiger partial charge on any atom is -0.480 e. The minimum absolute atomic E-state index is 0.0819. The van der Waals surface area contributed by atoms with Crippen LogP contribution in [0.2, 0.25) is 0 Å². The predicted molar refractivity (Wildman–Crippen MR) is 91.1 cm³/mol. The molecule has 1 heterocycles. The number of aromatic nitrogens is 2. The molecule has 9 heteroatoms. The van der Waals surface area contributed by atoms with Gasteiger partial charge in [-0.25, -0.2) is 0 Å². The van der Waals surface area contributed by atoms with E-state index in [-0.39, 0.29) is 31.2 Å². The van der Waals surface area contributed by atoms with Crippen LogP contribution in [0.25, 0.3) is 0 Å². The van der Waals surface area contributed by atoms with E-state index < -0.39 is 11.5 Å². The van der Waals surface area contributed by atoms with Crippen molar-refractivity contribution < 1.29 is 24.0 Å². The maximum Gasteiger partial charge on any atom is 0.323 e. The van der Waals surface area contributed by atoms with E-state index >= 15 is 0 Å². The van der Waals surface area contributed by atoms with E-state index in [2.05, 4.69) is 15.5 Å². The van der Waals surface area contributed by atoms with Crippen LogP contribution in [0.5, 0.6) is 0 Å². The van der Waals surface area contributed by atoms with E-state index in [9.17, 15) is 14.4 Å². The maximum absolute atomic E-state index is 11.9. The standard InChI is InChI=1S/C17H26N4O5/c1-12(22)19-17(9-5-3-4-6-10-17)16-18-13(26-20-16)7-8-14(23)21(2)11-15(24)25/h3-11H2,1-2H3,(H,19,22)(H,24,25). The number of likely N-dealkylation sites (N-methyl/N-ethyl adjacent to an activating group) is 1. The lowest BCUT2D eigenvalue weighted by Gasteiger charge is -2.30. The van der Waals surface area contributed by atoms with E-state index in [4.69, 9.17) is 9.63 Å². The van der Waals surface area contributed by atoms with Gasteiger partial charge in [-0.3, -0.25) is 14.4 Å². The van der Waals surface area contributed by atoms with Gasteiger partial charge in [0, 0.05) is 26.8 Å². The van der Waals surface area contributed by atoms with Crippen LogP contribution in [-0.2, 0) is 26.3 Å². The monoisotopic (exact) mass is 366 g/mol. The van der Waals surface area contributed by atoms with Gasteiger partial charge in [0.1, 0.15) is 12.1 Å². The number of carboxylic acids is 1. The van der Waals surface area contributed by atoms with Crippen LogP contribution in [0.15, 0.2) is 4.52 Å². The molecule has 1 aromatic rings. The lowest BCUT2D eigenvalue weighted by atomic mass is 9.89. The Balaban J connectivity index is 2.05. The van der Waals surface area contributed by atoms with Gasteiger partial charge < -0.3 is 19.8 Å². The van der Waals surface area contributed by atoms with Gasteiger partial charge in [0.15, 0.2) is 5.82 Å². The molecule has 1 aromatic heterocycles. The first kappa shape index (κ1) is 19.9. The molecule has 0 radical (unpaired) electrons. The first-order chi connectivity index (χ1) is 12.3. The average Bonchev–Trinajstić information content (AvgIpc) is 2.92. The number of carbonyl (C=O) groups excluding carboxylic acids is 2. The highest BCUT2D eigenvalue weighted by atomic mass is 16.5. The first-order valence-corrected chi connectivity index (χ1v) is 8.90.